The van der Waals surface area contributed by atoms with E-state index in [4.69, 9.17) is 11.6 Å². The third-order valence-electron chi connectivity index (χ3n) is 3.10. The first-order chi connectivity index (χ1) is 8.63. The molecule has 4 heteroatoms. The van der Waals surface area contributed by atoms with E-state index < -0.39 is 0 Å². The van der Waals surface area contributed by atoms with Crippen LogP contribution in [0.3, 0.4) is 0 Å². The molecule has 0 aliphatic rings. The Morgan fingerprint density at radius 1 is 1.33 bits per heavy atom. The van der Waals surface area contributed by atoms with E-state index in [0.717, 1.165) is 22.9 Å². The molecule has 0 aliphatic carbocycles. The number of hydrogen-bond donors (Lipinski definition) is 1. The second-order valence-corrected chi connectivity index (χ2v) is 4.79. The van der Waals surface area contributed by atoms with Crippen LogP contribution in [-0.4, -0.2) is 16.3 Å². The SMILES string of the molecule is CCNC(C)c1cnn(-c2ccc(Cl)cc2)c1C. The molecular formula is C14H18ClN3. The molecule has 0 spiro atoms. The highest BCUT2D eigenvalue weighted by Crippen LogP contribution is 2.20. The largest absolute Gasteiger partial charge is 0.310 e. The van der Waals surface area contributed by atoms with E-state index in [1.165, 1.54) is 5.56 Å². The van der Waals surface area contributed by atoms with Crippen molar-refractivity contribution in [2.45, 2.75) is 26.8 Å². The van der Waals surface area contributed by atoms with E-state index in [1.54, 1.807) is 0 Å². The topological polar surface area (TPSA) is 29.9 Å². The molecule has 0 saturated heterocycles. The minimum Gasteiger partial charge on any atom is -0.310 e. The smallest absolute Gasteiger partial charge is 0.0649 e. The van der Waals surface area contributed by atoms with Crippen molar-refractivity contribution in [3.05, 3.63) is 46.7 Å². The zero-order chi connectivity index (χ0) is 13.1. The Morgan fingerprint density at radius 2 is 2.00 bits per heavy atom. The summed E-state index contributed by atoms with van der Waals surface area (Å²) in [5.74, 6) is 0. The summed E-state index contributed by atoms with van der Waals surface area (Å²) >= 11 is 5.90. The molecule has 1 N–H and O–H groups in total. The van der Waals surface area contributed by atoms with Gasteiger partial charge in [0.25, 0.3) is 0 Å². The molecule has 0 bridgehead atoms. The van der Waals surface area contributed by atoms with Crippen LogP contribution in [0.2, 0.25) is 5.02 Å². The molecule has 0 saturated carbocycles. The predicted molar refractivity (Wildman–Crippen MR) is 75.4 cm³/mol. The Balaban J connectivity index is 2.33. The van der Waals surface area contributed by atoms with Crippen molar-refractivity contribution < 1.29 is 0 Å². The fourth-order valence-corrected chi connectivity index (χ4v) is 2.23. The van der Waals surface area contributed by atoms with E-state index in [0.29, 0.717) is 6.04 Å². The van der Waals surface area contributed by atoms with Crippen LogP contribution >= 0.6 is 11.6 Å². The minimum absolute atomic E-state index is 0.316. The first-order valence-corrected chi connectivity index (χ1v) is 6.55. The van der Waals surface area contributed by atoms with E-state index in [9.17, 15) is 0 Å². The molecule has 0 aliphatic heterocycles. The zero-order valence-corrected chi connectivity index (χ0v) is 11.7. The fourth-order valence-electron chi connectivity index (χ4n) is 2.11. The van der Waals surface area contributed by atoms with Crippen molar-refractivity contribution >= 4 is 11.6 Å². The van der Waals surface area contributed by atoms with Gasteiger partial charge in [-0.1, -0.05) is 18.5 Å². The van der Waals surface area contributed by atoms with Gasteiger partial charge in [-0.25, -0.2) is 4.68 Å². The zero-order valence-electron chi connectivity index (χ0n) is 10.9. The molecule has 96 valence electrons. The number of aromatic nitrogens is 2. The van der Waals surface area contributed by atoms with E-state index in [1.807, 2.05) is 35.1 Å². The van der Waals surface area contributed by atoms with Crippen molar-refractivity contribution in [3.8, 4) is 5.69 Å². The summed E-state index contributed by atoms with van der Waals surface area (Å²) < 4.78 is 1.94. The lowest BCUT2D eigenvalue weighted by atomic mass is 10.1. The van der Waals surface area contributed by atoms with Gasteiger partial charge in [0, 0.05) is 22.3 Å². The van der Waals surface area contributed by atoms with Crippen LogP contribution in [0.5, 0.6) is 0 Å². The molecule has 2 rings (SSSR count). The van der Waals surface area contributed by atoms with Crippen molar-refractivity contribution in [2.75, 3.05) is 6.54 Å². The third-order valence-corrected chi connectivity index (χ3v) is 3.35. The number of nitrogens with zero attached hydrogens (tertiary/aromatic N) is 2. The van der Waals surface area contributed by atoms with Crippen LogP contribution in [0, 0.1) is 6.92 Å². The monoisotopic (exact) mass is 263 g/mol. The maximum Gasteiger partial charge on any atom is 0.0649 e. The van der Waals surface area contributed by atoms with Crippen LogP contribution < -0.4 is 5.32 Å². The molecule has 1 aromatic carbocycles. The number of rotatable bonds is 4. The molecule has 0 radical (unpaired) electrons. The Morgan fingerprint density at radius 3 is 2.61 bits per heavy atom. The first-order valence-electron chi connectivity index (χ1n) is 6.17. The van der Waals surface area contributed by atoms with Crippen LogP contribution in [-0.2, 0) is 0 Å². The lowest BCUT2D eigenvalue weighted by Crippen LogP contribution is -2.18. The molecule has 2 aromatic rings. The lowest BCUT2D eigenvalue weighted by molar-refractivity contribution is 0.594. The van der Waals surface area contributed by atoms with Crippen LogP contribution in [0.1, 0.15) is 31.1 Å². The van der Waals surface area contributed by atoms with Gasteiger partial charge in [0.05, 0.1) is 11.9 Å². The van der Waals surface area contributed by atoms with Gasteiger partial charge >= 0.3 is 0 Å². The van der Waals surface area contributed by atoms with Crippen LogP contribution in [0.15, 0.2) is 30.5 Å². The molecule has 1 heterocycles. The van der Waals surface area contributed by atoms with Gasteiger partial charge in [-0.05, 0) is 44.7 Å². The maximum atomic E-state index is 5.90. The molecule has 0 fully saturated rings. The second-order valence-electron chi connectivity index (χ2n) is 4.35. The Labute approximate surface area is 113 Å². The Hall–Kier alpha value is -1.32. The van der Waals surface area contributed by atoms with E-state index >= 15 is 0 Å². The summed E-state index contributed by atoms with van der Waals surface area (Å²) in [4.78, 5) is 0. The summed E-state index contributed by atoms with van der Waals surface area (Å²) in [6, 6.07) is 8.03. The highest BCUT2D eigenvalue weighted by atomic mass is 35.5. The molecule has 3 nitrogen and oxygen atoms in total. The van der Waals surface area contributed by atoms with Gasteiger partial charge in [0.2, 0.25) is 0 Å². The Kier molecular flexibility index (Phi) is 4.04. The van der Waals surface area contributed by atoms with Gasteiger partial charge < -0.3 is 5.32 Å². The maximum absolute atomic E-state index is 5.90. The molecular weight excluding hydrogens is 246 g/mol. The highest BCUT2D eigenvalue weighted by Gasteiger charge is 2.13. The van der Waals surface area contributed by atoms with Crippen molar-refractivity contribution in [1.29, 1.82) is 0 Å². The summed E-state index contributed by atoms with van der Waals surface area (Å²) in [6.07, 6.45) is 1.93. The number of benzene rings is 1. The van der Waals surface area contributed by atoms with Crippen molar-refractivity contribution in [1.82, 2.24) is 15.1 Å². The van der Waals surface area contributed by atoms with Crippen LogP contribution in [0.25, 0.3) is 5.69 Å². The number of hydrogen-bond acceptors (Lipinski definition) is 2. The Bertz CT molecular complexity index is 516. The molecule has 0 amide bonds. The molecule has 1 aromatic heterocycles. The van der Waals surface area contributed by atoms with Gasteiger partial charge in [-0.15, -0.1) is 0 Å². The highest BCUT2D eigenvalue weighted by molar-refractivity contribution is 6.30. The molecule has 1 unspecified atom stereocenters. The van der Waals surface area contributed by atoms with Crippen LogP contribution in [0.4, 0.5) is 0 Å². The average Bonchev–Trinajstić information content (AvgIpc) is 2.73. The van der Waals surface area contributed by atoms with Gasteiger partial charge in [0.15, 0.2) is 0 Å². The summed E-state index contributed by atoms with van der Waals surface area (Å²) in [5.41, 5.74) is 3.42. The van der Waals surface area contributed by atoms with Crippen molar-refractivity contribution in [3.63, 3.8) is 0 Å². The first kappa shape index (κ1) is 13.1. The van der Waals surface area contributed by atoms with Gasteiger partial charge in [-0.3, -0.25) is 0 Å². The van der Waals surface area contributed by atoms with Gasteiger partial charge in [-0.2, -0.15) is 5.10 Å². The molecule has 1 atom stereocenters. The van der Waals surface area contributed by atoms with E-state index in [2.05, 4.69) is 31.2 Å². The lowest BCUT2D eigenvalue weighted by Gasteiger charge is -2.12. The predicted octanol–water partition coefficient (Wildman–Crippen LogP) is 3.50. The quantitative estimate of drug-likeness (QED) is 0.915. The second kappa shape index (κ2) is 5.55. The fraction of sp³-hybridized carbons (Fsp3) is 0.357. The number of nitrogens with one attached hydrogen (secondary N) is 1. The summed E-state index contributed by atoms with van der Waals surface area (Å²) in [7, 11) is 0. The average molecular weight is 264 g/mol. The van der Waals surface area contributed by atoms with Crippen molar-refractivity contribution in [2.24, 2.45) is 0 Å². The van der Waals surface area contributed by atoms with Gasteiger partial charge in [0.1, 0.15) is 0 Å². The minimum atomic E-state index is 0.316. The number of halogens is 1. The molecule has 18 heavy (non-hydrogen) atoms. The normalized spacial score (nSPS) is 12.7. The third kappa shape index (κ3) is 2.57. The standard InChI is InChI=1S/C14H18ClN3/c1-4-16-10(2)14-9-17-18(11(14)3)13-7-5-12(15)6-8-13/h5-10,16H,4H2,1-3H3. The summed E-state index contributed by atoms with van der Waals surface area (Å²) in [5, 5.41) is 8.60. The van der Waals surface area contributed by atoms with E-state index in [-0.39, 0.29) is 0 Å². The summed E-state index contributed by atoms with van der Waals surface area (Å²) in [6.45, 7) is 7.30.